The first kappa shape index (κ1) is 16.3. The van der Waals surface area contributed by atoms with E-state index < -0.39 is 0 Å². The summed E-state index contributed by atoms with van der Waals surface area (Å²) < 4.78 is 15.5. The maximum Gasteiger partial charge on any atom is 0.255 e. The molecule has 0 saturated carbocycles. The Morgan fingerprint density at radius 1 is 1.25 bits per heavy atom. The van der Waals surface area contributed by atoms with E-state index in [0.717, 1.165) is 6.42 Å². The molecular formula is C14H22N2O4. The molecule has 1 aromatic carbocycles. The Balaban J connectivity index is 2.46. The first-order chi connectivity index (χ1) is 9.72. The second kappa shape index (κ2) is 9.17. The molecule has 6 heteroatoms. The lowest BCUT2D eigenvalue weighted by Gasteiger charge is -2.10. The number of benzene rings is 1. The summed E-state index contributed by atoms with van der Waals surface area (Å²) >= 11 is 0. The Labute approximate surface area is 119 Å². The Bertz CT molecular complexity index is 424. The average Bonchev–Trinajstić information content (AvgIpc) is 2.49. The average molecular weight is 282 g/mol. The van der Waals surface area contributed by atoms with Crippen molar-refractivity contribution in [2.45, 2.75) is 6.42 Å². The number of carbonyl (C=O) groups excluding carboxylic acids is 1. The van der Waals surface area contributed by atoms with Gasteiger partial charge in [0.15, 0.2) is 0 Å². The van der Waals surface area contributed by atoms with Crippen LogP contribution in [0.4, 0.5) is 0 Å². The lowest BCUT2D eigenvalue weighted by Crippen LogP contribution is -2.26. The molecule has 6 nitrogen and oxygen atoms in total. The van der Waals surface area contributed by atoms with Gasteiger partial charge in [0.05, 0.1) is 26.4 Å². The van der Waals surface area contributed by atoms with Gasteiger partial charge in [-0.25, -0.2) is 0 Å². The molecule has 0 bridgehead atoms. The van der Waals surface area contributed by atoms with Crippen molar-refractivity contribution in [3.05, 3.63) is 23.8 Å². The smallest absolute Gasteiger partial charge is 0.255 e. The van der Waals surface area contributed by atoms with Crippen LogP contribution in [-0.2, 0) is 4.74 Å². The molecule has 0 atom stereocenters. The van der Waals surface area contributed by atoms with Crippen molar-refractivity contribution in [1.82, 2.24) is 5.32 Å². The minimum atomic E-state index is -0.177. The first-order valence-electron chi connectivity index (χ1n) is 6.51. The number of amides is 1. The third-order valence-corrected chi connectivity index (χ3v) is 2.67. The number of carbonyl (C=O) groups is 1. The van der Waals surface area contributed by atoms with Crippen molar-refractivity contribution < 1.29 is 19.0 Å². The molecule has 112 valence electrons. The van der Waals surface area contributed by atoms with Gasteiger partial charge in [-0.3, -0.25) is 4.79 Å². The summed E-state index contributed by atoms with van der Waals surface area (Å²) in [5, 5.41) is 2.82. The Morgan fingerprint density at radius 3 is 2.70 bits per heavy atom. The van der Waals surface area contributed by atoms with E-state index in [9.17, 15) is 4.79 Å². The third kappa shape index (κ3) is 5.07. The number of ether oxygens (including phenoxy) is 3. The summed E-state index contributed by atoms with van der Waals surface area (Å²) in [5.74, 6) is 0.957. The van der Waals surface area contributed by atoms with Crippen molar-refractivity contribution in [2.24, 2.45) is 5.73 Å². The van der Waals surface area contributed by atoms with Crippen LogP contribution >= 0.6 is 0 Å². The zero-order valence-electron chi connectivity index (χ0n) is 12.0. The Kier molecular flexibility index (Phi) is 7.46. The minimum Gasteiger partial charge on any atom is -0.497 e. The minimum absolute atomic E-state index is 0.177. The number of hydrogen-bond acceptors (Lipinski definition) is 5. The Hall–Kier alpha value is -1.79. The van der Waals surface area contributed by atoms with Gasteiger partial charge in [0.2, 0.25) is 0 Å². The van der Waals surface area contributed by atoms with E-state index in [0.29, 0.717) is 43.4 Å². The summed E-state index contributed by atoms with van der Waals surface area (Å²) in [6.45, 7) is 2.17. The predicted octanol–water partition coefficient (Wildman–Crippen LogP) is 0.799. The molecule has 3 N–H and O–H groups in total. The van der Waals surface area contributed by atoms with Gasteiger partial charge in [0, 0.05) is 25.8 Å². The summed E-state index contributed by atoms with van der Waals surface area (Å²) in [7, 11) is 3.09. The van der Waals surface area contributed by atoms with E-state index in [4.69, 9.17) is 19.9 Å². The fourth-order valence-electron chi connectivity index (χ4n) is 1.64. The lowest BCUT2D eigenvalue weighted by atomic mass is 10.1. The molecule has 1 rings (SSSR count). The molecule has 0 aliphatic carbocycles. The molecule has 0 radical (unpaired) electrons. The van der Waals surface area contributed by atoms with Crippen LogP contribution in [-0.4, -0.2) is 46.4 Å². The van der Waals surface area contributed by atoms with Crippen molar-refractivity contribution in [1.29, 1.82) is 0 Å². The molecule has 0 heterocycles. The fourth-order valence-corrected chi connectivity index (χ4v) is 1.64. The standard InChI is InChI=1S/C14H22N2O4/c1-18-11-4-5-12(13(10-11)19-2)14(17)16-7-3-8-20-9-6-15/h4-5,10H,3,6-9,15H2,1-2H3,(H,16,17). The van der Waals surface area contributed by atoms with Gasteiger partial charge in [-0.15, -0.1) is 0 Å². The van der Waals surface area contributed by atoms with Gasteiger partial charge in [-0.05, 0) is 18.6 Å². The van der Waals surface area contributed by atoms with Crippen LogP contribution in [0.5, 0.6) is 11.5 Å². The highest BCUT2D eigenvalue weighted by atomic mass is 16.5. The summed E-state index contributed by atoms with van der Waals surface area (Å²) in [6, 6.07) is 5.08. The maximum atomic E-state index is 12.0. The molecule has 0 aromatic heterocycles. The predicted molar refractivity (Wildman–Crippen MR) is 76.4 cm³/mol. The van der Waals surface area contributed by atoms with Crippen LogP contribution in [0.15, 0.2) is 18.2 Å². The van der Waals surface area contributed by atoms with E-state index in [1.165, 1.54) is 7.11 Å². The van der Waals surface area contributed by atoms with Crippen LogP contribution in [0.2, 0.25) is 0 Å². The molecule has 0 aliphatic rings. The molecule has 0 saturated heterocycles. The van der Waals surface area contributed by atoms with Gasteiger partial charge in [0.25, 0.3) is 5.91 Å². The van der Waals surface area contributed by atoms with E-state index in [2.05, 4.69) is 5.32 Å². The monoisotopic (exact) mass is 282 g/mol. The zero-order chi connectivity index (χ0) is 14.8. The van der Waals surface area contributed by atoms with E-state index in [1.54, 1.807) is 25.3 Å². The Morgan fingerprint density at radius 2 is 2.05 bits per heavy atom. The van der Waals surface area contributed by atoms with E-state index in [1.807, 2.05) is 0 Å². The molecule has 0 fully saturated rings. The second-order valence-corrected chi connectivity index (χ2v) is 4.08. The van der Waals surface area contributed by atoms with Gasteiger partial charge >= 0.3 is 0 Å². The number of nitrogens with two attached hydrogens (primary N) is 1. The van der Waals surface area contributed by atoms with Crippen molar-refractivity contribution in [2.75, 3.05) is 40.5 Å². The molecule has 0 aliphatic heterocycles. The van der Waals surface area contributed by atoms with Crippen LogP contribution in [0.1, 0.15) is 16.8 Å². The van der Waals surface area contributed by atoms with E-state index >= 15 is 0 Å². The number of rotatable bonds is 9. The summed E-state index contributed by atoms with van der Waals surface area (Å²) in [6.07, 6.45) is 0.740. The normalized spacial score (nSPS) is 10.2. The highest BCUT2D eigenvalue weighted by molar-refractivity contribution is 5.97. The molecule has 0 spiro atoms. The van der Waals surface area contributed by atoms with Gasteiger partial charge < -0.3 is 25.3 Å². The van der Waals surface area contributed by atoms with Crippen LogP contribution in [0.25, 0.3) is 0 Å². The van der Waals surface area contributed by atoms with Crippen LogP contribution < -0.4 is 20.5 Å². The number of hydrogen-bond donors (Lipinski definition) is 2. The van der Waals surface area contributed by atoms with Crippen molar-refractivity contribution in [3.63, 3.8) is 0 Å². The van der Waals surface area contributed by atoms with Crippen molar-refractivity contribution in [3.8, 4) is 11.5 Å². The SMILES string of the molecule is COc1ccc(C(=O)NCCCOCCN)c(OC)c1. The zero-order valence-corrected chi connectivity index (χ0v) is 12.0. The highest BCUT2D eigenvalue weighted by Crippen LogP contribution is 2.24. The molecular weight excluding hydrogens is 260 g/mol. The highest BCUT2D eigenvalue weighted by Gasteiger charge is 2.12. The number of nitrogens with one attached hydrogen (secondary N) is 1. The second-order valence-electron chi connectivity index (χ2n) is 4.08. The molecule has 20 heavy (non-hydrogen) atoms. The first-order valence-corrected chi connectivity index (χ1v) is 6.51. The van der Waals surface area contributed by atoms with Gasteiger partial charge in [-0.2, -0.15) is 0 Å². The van der Waals surface area contributed by atoms with Gasteiger partial charge in [0.1, 0.15) is 11.5 Å². The van der Waals surface area contributed by atoms with Gasteiger partial charge in [-0.1, -0.05) is 0 Å². The molecule has 1 amide bonds. The quantitative estimate of drug-likeness (QED) is 0.655. The fraction of sp³-hybridized carbons (Fsp3) is 0.500. The van der Waals surface area contributed by atoms with Crippen LogP contribution in [0.3, 0.4) is 0 Å². The third-order valence-electron chi connectivity index (χ3n) is 2.67. The summed E-state index contributed by atoms with van der Waals surface area (Å²) in [4.78, 5) is 12.0. The summed E-state index contributed by atoms with van der Waals surface area (Å²) in [5.41, 5.74) is 5.79. The molecule has 0 unspecified atom stereocenters. The lowest BCUT2D eigenvalue weighted by molar-refractivity contribution is 0.0940. The van der Waals surface area contributed by atoms with Crippen LogP contribution in [0, 0.1) is 0 Å². The van der Waals surface area contributed by atoms with Crippen molar-refractivity contribution >= 4 is 5.91 Å². The molecule has 1 aromatic rings. The number of methoxy groups -OCH3 is 2. The van der Waals surface area contributed by atoms with E-state index in [-0.39, 0.29) is 5.91 Å². The topological polar surface area (TPSA) is 82.8 Å². The maximum absolute atomic E-state index is 12.0. The largest absolute Gasteiger partial charge is 0.497 e.